The second kappa shape index (κ2) is 10.7. The molecular formula is C26H27N3O5S. The Morgan fingerprint density at radius 2 is 1.91 bits per heavy atom. The normalized spacial score (nSPS) is 14.8. The molecule has 4 rings (SSSR count). The number of esters is 1. The van der Waals surface area contributed by atoms with Crippen molar-refractivity contribution < 1.29 is 23.9 Å². The largest absolute Gasteiger partial charge is 0.479 e. The maximum atomic E-state index is 12.6. The van der Waals surface area contributed by atoms with Gasteiger partial charge in [-0.05, 0) is 37.1 Å². The minimum Gasteiger partial charge on any atom is -0.479 e. The van der Waals surface area contributed by atoms with Crippen molar-refractivity contribution in [3.63, 3.8) is 0 Å². The molecule has 2 aromatic carbocycles. The van der Waals surface area contributed by atoms with Crippen LogP contribution in [-0.4, -0.2) is 35.4 Å². The van der Waals surface area contributed by atoms with Crippen molar-refractivity contribution in [2.45, 2.75) is 46.3 Å². The molecule has 0 saturated heterocycles. The van der Waals surface area contributed by atoms with E-state index in [1.165, 1.54) is 18.3 Å². The lowest BCUT2D eigenvalue weighted by molar-refractivity contribution is -0.144. The van der Waals surface area contributed by atoms with E-state index < -0.39 is 12.1 Å². The molecule has 0 fully saturated rings. The molecule has 35 heavy (non-hydrogen) atoms. The third kappa shape index (κ3) is 5.35. The van der Waals surface area contributed by atoms with Gasteiger partial charge in [0.15, 0.2) is 11.2 Å². The van der Waals surface area contributed by atoms with Crippen molar-refractivity contribution in [3.8, 4) is 5.75 Å². The van der Waals surface area contributed by atoms with Crippen molar-refractivity contribution >= 4 is 45.6 Å². The Hall–Kier alpha value is -3.72. The lowest BCUT2D eigenvalue weighted by Gasteiger charge is -2.32. The number of benzene rings is 2. The van der Waals surface area contributed by atoms with Gasteiger partial charge in [0.05, 0.1) is 23.5 Å². The highest BCUT2D eigenvalue weighted by Crippen LogP contribution is 2.34. The number of rotatable bonds is 8. The molecule has 8 nitrogen and oxygen atoms in total. The van der Waals surface area contributed by atoms with Crippen LogP contribution in [0, 0.1) is 0 Å². The van der Waals surface area contributed by atoms with Gasteiger partial charge in [-0.2, -0.15) is 0 Å². The van der Waals surface area contributed by atoms with Crippen LogP contribution in [0.3, 0.4) is 0 Å². The summed E-state index contributed by atoms with van der Waals surface area (Å²) in [5, 5.41) is 2.30. The monoisotopic (exact) mass is 493 g/mol. The van der Waals surface area contributed by atoms with Gasteiger partial charge in [-0.3, -0.25) is 19.3 Å². The van der Waals surface area contributed by atoms with Crippen molar-refractivity contribution in [2.75, 3.05) is 16.3 Å². The Bertz CT molecular complexity index is 1240. The summed E-state index contributed by atoms with van der Waals surface area (Å²) < 4.78 is 11.0. The highest BCUT2D eigenvalue weighted by Gasteiger charge is 2.31. The van der Waals surface area contributed by atoms with E-state index in [1.54, 1.807) is 34.2 Å². The number of fused-ring (bicyclic) bond motifs is 1. The van der Waals surface area contributed by atoms with Crippen molar-refractivity contribution in [1.29, 1.82) is 0 Å². The fourth-order valence-electron chi connectivity index (χ4n) is 3.92. The molecule has 0 N–H and O–H groups in total. The van der Waals surface area contributed by atoms with E-state index in [4.69, 9.17) is 9.47 Å². The van der Waals surface area contributed by atoms with E-state index in [9.17, 15) is 14.4 Å². The molecule has 0 bridgehead atoms. The highest BCUT2D eigenvalue weighted by molar-refractivity contribution is 7.14. The first-order valence-electron chi connectivity index (χ1n) is 11.4. The number of para-hydroxylation sites is 3. The summed E-state index contributed by atoms with van der Waals surface area (Å²) in [6.07, 6.45) is 0.203. The van der Waals surface area contributed by atoms with Gasteiger partial charge in [-0.1, -0.05) is 37.3 Å². The third-order valence-electron chi connectivity index (χ3n) is 5.65. The number of anilines is 3. The first-order chi connectivity index (χ1) is 16.9. The summed E-state index contributed by atoms with van der Waals surface area (Å²) in [5.74, 6) is -0.169. The van der Waals surface area contributed by atoms with Gasteiger partial charge in [-0.15, -0.1) is 11.3 Å². The van der Waals surface area contributed by atoms with Gasteiger partial charge in [-0.25, -0.2) is 4.98 Å². The van der Waals surface area contributed by atoms with Crippen LogP contribution in [0.1, 0.15) is 38.4 Å². The van der Waals surface area contributed by atoms with Crippen LogP contribution >= 0.6 is 11.3 Å². The molecule has 2 heterocycles. The summed E-state index contributed by atoms with van der Waals surface area (Å²) in [6, 6.07) is 15.0. The van der Waals surface area contributed by atoms with E-state index in [1.807, 2.05) is 43.3 Å². The van der Waals surface area contributed by atoms with Crippen LogP contribution in [0.25, 0.3) is 0 Å². The van der Waals surface area contributed by atoms with Gasteiger partial charge in [0.25, 0.3) is 5.91 Å². The Morgan fingerprint density at radius 1 is 1.17 bits per heavy atom. The molecule has 1 aromatic heterocycles. The van der Waals surface area contributed by atoms with Crippen LogP contribution in [0.4, 0.5) is 16.5 Å². The smallest absolute Gasteiger partial charge is 0.307 e. The van der Waals surface area contributed by atoms with Gasteiger partial charge < -0.3 is 14.4 Å². The number of amides is 2. The Kier molecular flexibility index (Phi) is 7.45. The minimum absolute atomic E-state index is 0.0133. The zero-order valence-corrected chi connectivity index (χ0v) is 20.7. The number of hydrogen-bond acceptors (Lipinski definition) is 7. The Morgan fingerprint density at radius 3 is 2.69 bits per heavy atom. The maximum Gasteiger partial charge on any atom is 0.307 e. The summed E-state index contributed by atoms with van der Waals surface area (Å²) >= 11 is 1.32. The van der Waals surface area contributed by atoms with Crippen LogP contribution < -0.4 is 14.5 Å². The van der Waals surface area contributed by atoms with Gasteiger partial charge in [0, 0.05) is 18.8 Å². The van der Waals surface area contributed by atoms with Gasteiger partial charge >= 0.3 is 5.97 Å². The Labute approximate surface area is 208 Å². The standard InChI is InChI=1S/C26H27N3O5S/c1-4-19-9-5-6-10-21(19)29(18(3)30)26-27-20(16-35-26)15-33-24(31)13-14-28-22-11-7-8-12-23(22)34-17(2)25(28)32/h5-12,16-17H,4,13-15H2,1-3H3/t17-/m0/s1. The maximum absolute atomic E-state index is 12.6. The second-order valence-electron chi connectivity index (χ2n) is 8.09. The SMILES string of the molecule is CCc1ccccc1N(C(C)=O)c1nc(COC(=O)CCN2C(=O)[C@H](C)Oc3ccccc32)cs1. The molecular weight excluding hydrogens is 466 g/mol. The number of thiazole rings is 1. The van der Waals surface area contributed by atoms with Crippen LogP contribution in [0.5, 0.6) is 5.75 Å². The Balaban J connectivity index is 1.38. The minimum atomic E-state index is -0.614. The van der Waals surface area contributed by atoms with E-state index in [-0.39, 0.29) is 31.4 Å². The quantitative estimate of drug-likeness (QED) is 0.425. The number of carbonyl (C=O) groups is 3. The van der Waals surface area contributed by atoms with E-state index in [2.05, 4.69) is 4.98 Å². The van der Waals surface area contributed by atoms with Crippen molar-refractivity contribution in [2.24, 2.45) is 0 Å². The fraction of sp³-hybridized carbons (Fsp3) is 0.308. The summed E-state index contributed by atoms with van der Waals surface area (Å²) in [7, 11) is 0. The molecule has 0 spiro atoms. The third-order valence-corrected chi connectivity index (χ3v) is 6.53. The second-order valence-corrected chi connectivity index (χ2v) is 8.92. The predicted octanol–water partition coefficient (Wildman–Crippen LogP) is 4.64. The molecule has 182 valence electrons. The number of aromatic nitrogens is 1. The molecule has 0 saturated carbocycles. The number of carbonyl (C=O) groups excluding carboxylic acids is 3. The molecule has 0 radical (unpaired) electrons. The van der Waals surface area contributed by atoms with E-state index >= 15 is 0 Å². The van der Waals surface area contributed by atoms with Crippen molar-refractivity contribution in [1.82, 2.24) is 4.98 Å². The molecule has 2 amide bonds. The predicted molar refractivity (Wildman–Crippen MR) is 134 cm³/mol. The first-order valence-corrected chi connectivity index (χ1v) is 12.3. The summed E-state index contributed by atoms with van der Waals surface area (Å²) in [5.41, 5.74) is 3.04. The lowest BCUT2D eigenvalue weighted by Crippen LogP contribution is -2.45. The summed E-state index contributed by atoms with van der Waals surface area (Å²) in [6.45, 7) is 5.40. The molecule has 1 aliphatic heterocycles. The van der Waals surface area contributed by atoms with Gasteiger partial charge in [0.1, 0.15) is 12.4 Å². The van der Waals surface area contributed by atoms with Crippen LogP contribution in [0.2, 0.25) is 0 Å². The number of aryl methyl sites for hydroxylation is 1. The topological polar surface area (TPSA) is 89.0 Å². The highest BCUT2D eigenvalue weighted by atomic mass is 32.1. The van der Waals surface area contributed by atoms with E-state index in [0.29, 0.717) is 22.3 Å². The van der Waals surface area contributed by atoms with Crippen molar-refractivity contribution in [3.05, 3.63) is 65.2 Å². The zero-order chi connectivity index (χ0) is 24.9. The fourth-order valence-corrected chi connectivity index (χ4v) is 4.78. The molecule has 3 aromatic rings. The molecule has 9 heteroatoms. The number of hydrogen-bond donors (Lipinski definition) is 0. The number of nitrogens with zero attached hydrogens (tertiary/aromatic N) is 3. The van der Waals surface area contributed by atoms with E-state index in [0.717, 1.165) is 17.7 Å². The zero-order valence-electron chi connectivity index (χ0n) is 19.9. The average Bonchev–Trinajstić information content (AvgIpc) is 3.31. The van der Waals surface area contributed by atoms with Gasteiger partial charge in [0.2, 0.25) is 5.91 Å². The average molecular weight is 494 g/mol. The number of ether oxygens (including phenoxy) is 2. The van der Waals surface area contributed by atoms with Crippen LogP contribution in [0.15, 0.2) is 53.9 Å². The molecule has 1 atom stereocenters. The molecule has 1 aliphatic rings. The van der Waals surface area contributed by atoms with Crippen LogP contribution in [-0.2, 0) is 32.1 Å². The lowest BCUT2D eigenvalue weighted by atomic mass is 10.1. The summed E-state index contributed by atoms with van der Waals surface area (Å²) in [4.78, 5) is 45.1. The molecule has 0 unspecified atom stereocenters. The first kappa shape index (κ1) is 24.4. The molecule has 0 aliphatic carbocycles.